The van der Waals surface area contributed by atoms with Gasteiger partial charge in [-0.2, -0.15) is 0 Å². The number of ether oxygens (including phenoxy) is 1. The first-order valence-electron chi connectivity index (χ1n) is 12.5. The average Bonchev–Trinajstić information content (AvgIpc) is 2.92. The molecule has 5 aromatic rings. The number of benzene rings is 4. The number of fused-ring (bicyclic) bond motifs is 2. The Morgan fingerprint density at radius 1 is 0.892 bits per heavy atom. The van der Waals surface area contributed by atoms with Gasteiger partial charge < -0.3 is 14.7 Å². The second-order valence-corrected chi connectivity index (χ2v) is 10.6. The van der Waals surface area contributed by atoms with Crippen molar-refractivity contribution in [3.8, 4) is 5.88 Å². The van der Waals surface area contributed by atoms with Crippen LogP contribution in [0.5, 0.6) is 5.88 Å². The fourth-order valence-electron chi connectivity index (χ4n) is 5.32. The molecule has 0 aliphatic rings. The minimum atomic E-state index is -1.25. The molecule has 5 rings (SSSR count). The summed E-state index contributed by atoms with van der Waals surface area (Å²) in [6, 6.07) is 32.8. The van der Waals surface area contributed by atoms with Gasteiger partial charge in [0.15, 0.2) is 0 Å². The number of rotatable bonds is 8. The second kappa shape index (κ2) is 10.6. The predicted molar refractivity (Wildman–Crippen MR) is 155 cm³/mol. The molecule has 1 N–H and O–H groups in total. The zero-order chi connectivity index (χ0) is 26.0. The third-order valence-corrected chi connectivity index (χ3v) is 7.74. The highest BCUT2D eigenvalue weighted by Gasteiger charge is 2.43. The number of nitrogens with zero attached hydrogens (tertiary/aromatic N) is 2. The summed E-state index contributed by atoms with van der Waals surface area (Å²) >= 11 is 3.64. The van der Waals surface area contributed by atoms with Gasteiger partial charge in [-0.15, -0.1) is 0 Å². The summed E-state index contributed by atoms with van der Waals surface area (Å²) in [4.78, 5) is 7.03. The topological polar surface area (TPSA) is 45.6 Å². The molecule has 5 heteroatoms. The molecule has 2 atom stereocenters. The summed E-state index contributed by atoms with van der Waals surface area (Å²) in [5.41, 5.74) is 2.34. The largest absolute Gasteiger partial charge is 0.481 e. The highest BCUT2D eigenvalue weighted by atomic mass is 79.9. The van der Waals surface area contributed by atoms with Gasteiger partial charge in [0.25, 0.3) is 0 Å². The number of methoxy groups -OCH3 is 1. The van der Waals surface area contributed by atoms with Crippen LogP contribution in [0.2, 0.25) is 0 Å². The quantitative estimate of drug-likeness (QED) is 0.221. The molecule has 4 aromatic carbocycles. The molecule has 0 aliphatic heterocycles. The van der Waals surface area contributed by atoms with Crippen molar-refractivity contribution < 1.29 is 9.84 Å². The van der Waals surface area contributed by atoms with Gasteiger partial charge in [0.1, 0.15) is 5.60 Å². The Balaban J connectivity index is 1.84. The average molecular weight is 556 g/mol. The van der Waals surface area contributed by atoms with Gasteiger partial charge in [-0.1, -0.05) is 84.9 Å². The SMILES string of the molecule is COc1nc2c(Br)cccc2cc1[C@@H](c1ccccc1)[C@@](O)(CCN(C)C)c1cccc2ccccc12. The molecule has 0 spiro atoms. The molecular formula is C32H31BrN2O2. The lowest BCUT2D eigenvalue weighted by Crippen LogP contribution is -2.38. The van der Waals surface area contributed by atoms with Crippen molar-refractivity contribution in [2.45, 2.75) is 17.9 Å². The van der Waals surface area contributed by atoms with Crippen molar-refractivity contribution in [3.63, 3.8) is 0 Å². The smallest absolute Gasteiger partial charge is 0.217 e. The lowest BCUT2D eigenvalue weighted by Gasteiger charge is -2.39. The van der Waals surface area contributed by atoms with Crippen LogP contribution in [0.1, 0.15) is 29.0 Å². The predicted octanol–water partition coefficient (Wildman–Crippen LogP) is 7.13. The number of pyridine rings is 1. The van der Waals surface area contributed by atoms with E-state index in [0.29, 0.717) is 18.8 Å². The molecule has 4 nitrogen and oxygen atoms in total. The van der Waals surface area contributed by atoms with Crippen LogP contribution in [0.15, 0.2) is 102 Å². The molecule has 0 saturated heterocycles. The molecule has 1 aromatic heterocycles. The molecule has 0 bridgehead atoms. The zero-order valence-corrected chi connectivity index (χ0v) is 22.9. The molecule has 0 fully saturated rings. The van der Waals surface area contributed by atoms with Crippen molar-refractivity contribution in [1.82, 2.24) is 9.88 Å². The first-order chi connectivity index (χ1) is 17.9. The molecule has 1 heterocycles. The van der Waals surface area contributed by atoms with Gasteiger partial charge >= 0.3 is 0 Å². The van der Waals surface area contributed by atoms with Crippen molar-refractivity contribution in [2.75, 3.05) is 27.7 Å². The fourth-order valence-corrected chi connectivity index (χ4v) is 5.79. The number of para-hydroxylation sites is 1. The summed E-state index contributed by atoms with van der Waals surface area (Å²) in [6.45, 7) is 0.706. The Morgan fingerprint density at radius 3 is 2.32 bits per heavy atom. The first kappa shape index (κ1) is 25.4. The minimum Gasteiger partial charge on any atom is -0.481 e. The Hall–Kier alpha value is -3.25. The number of hydrogen-bond acceptors (Lipinski definition) is 4. The molecule has 0 aliphatic carbocycles. The summed E-state index contributed by atoms with van der Waals surface area (Å²) in [7, 11) is 5.72. The highest BCUT2D eigenvalue weighted by Crippen LogP contribution is 2.49. The van der Waals surface area contributed by atoms with E-state index in [-0.39, 0.29) is 0 Å². The van der Waals surface area contributed by atoms with Crippen LogP contribution in [-0.2, 0) is 5.60 Å². The van der Waals surface area contributed by atoms with Crippen LogP contribution < -0.4 is 4.74 Å². The van der Waals surface area contributed by atoms with E-state index in [1.54, 1.807) is 7.11 Å². The third-order valence-electron chi connectivity index (χ3n) is 7.10. The fraction of sp³-hybridized carbons (Fsp3) is 0.219. The van der Waals surface area contributed by atoms with E-state index in [0.717, 1.165) is 42.8 Å². The van der Waals surface area contributed by atoms with E-state index in [4.69, 9.17) is 9.72 Å². The molecule has 188 valence electrons. The maximum atomic E-state index is 13.0. The summed E-state index contributed by atoms with van der Waals surface area (Å²) in [6.07, 6.45) is 0.521. The minimum absolute atomic E-state index is 0.426. The maximum absolute atomic E-state index is 13.0. The van der Waals surface area contributed by atoms with Gasteiger partial charge in [0.05, 0.1) is 12.6 Å². The molecule has 0 amide bonds. The van der Waals surface area contributed by atoms with Gasteiger partial charge in [0, 0.05) is 27.9 Å². The van der Waals surface area contributed by atoms with Gasteiger partial charge in [-0.05, 0) is 70.5 Å². The van der Waals surface area contributed by atoms with E-state index in [1.165, 1.54) is 0 Å². The van der Waals surface area contributed by atoms with Crippen LogP contribution >= 0.6 is 15.9 Å². The highest BCUT2D eigenvalue weighted by molar-refractivity contribution is 9.10. The number of hydrogen-bond donors (Lipinski definition) is 1. The number of aromatic nitrogens is 1. The van der Waals surface area contributed by atoms with Crippen LogP contribution in [0, 0.1) is 0 Å². The molecule has 0 saturated carbocycles. The lowest BCUT2D eigenvalue weighted by molar-refractivity contribution is 0.00520. The van der Waals surface area contributed by atoms with Gasteiger partial charge in [0.2, 0.25) is 5.88 Å². The molecule has 37 heavy (non-hydrogen) atoms. The lowest BCUT2D eigenvalue weighted by atomic mass is 9.70. The summed E-state index contributed by atoms with van der Waals surface area (Å²) in [5, 5.41) is 16.2. The molecular weight excluding hydrogens is 524 g/mol. The Morgan fingerprint density at radius 2 is 1.57 bits per heavy atom. The van der Waals surface area contributed by atoms with E-state index < -0.39 is 11.5 Å². The number of halogens is 1. The summed E-state index contributed by atoms with van der Waals surface area (Å²) in [5.74, 6) is 0.0852. The maximum Gasteiger partial charge on any atom is 0.217 e. The molecule has 0 radical (unpaired) electrons. The Kier molecular flexibility index (Phi) is 7.29. The normalized spacial score (nSPS) is 14.1. The van der Waals surface area contributed by atoms with Crippen molar-refractivity contribution in [1.29, 1.82) is 0 Å². The van der Waals surface area contributed by atoms with Gasteiger partial charge in [-0.25, -0.2) is 4.98 Å². The third kappa shape index (κ3) is 4.87. The Labute approximate surface area is 226 Å². The summed E-state index contributed by atoms with van der Waals surface area (Å²) < 4.78 is 6.81. The second-order valence-electron chi connectivity index (χ2n) is 9.75. The zero-order valence-electron chi connectivity index (χ0n) is 21.4. The van der Waals surface area contributed by atoms with Crippen LogP contribution in [0.3, 0.4) is 0 Å². The monoisotopic (exact) mass is 554 g/mol. The van der Waals surface area contributed by atoms with Crippen LogP contribution in [-0.4, -0.2) is 42.7 Å². The van der Waals surface area contributed by atoms with Gasteiger partial charge in [-0.3, -0.25) is 0 Å². The van der Waals surface area contributed by atoms with E-state index in [2.05, 4.69) is 69.4 Å². The van der Waals surface area contributed by atoms with Crippen LogP contribution in [0.4, 0.5) is 0 Å². The van der Waals surface area contributed by atoms with Crippen molar-refractivity contribution >= 4 is 37.6 Å². The van der Waals surface area contributed by atoms with Crippen molar-refractivity contribution in [3.05, 3.63) is 118 Å². The molecule has 0 unspecified atom stereocenters. The first-order valence-corrected chi connectivity index (χ1v) is 13.2. The van der Waals surface area contributed by atoms with Crippen molar-refractivity contribution in [2.24, 2.45) is 0 Å². The van der Waals surface area contributed by atoms with E-state index >= 15 is 0 Å². The van der Waals surface area contributed by atoms with E-state index in [9.17, 15) is 5.11 Å². The number of aliphatic hydroxyl groups is 1. The van der Waals surface area contributed by atoms with E-state index in [1.807, 2.05) is 62.6 Å². The van der Waals surface area contributed by atoms with Crippen LogP contribution in [0.25, 0.3) is 21.7 Å². The Bertz CT molecular complexity index is 1530. The standard InChI is InChI=1S/C32H31BrN2O2/c1-35(2)20-19-32(36,27-17-9-14-22-11-7-8-16-25(22)27)29(23-12-5-4-6-13-23)26-21-24-15-10-18-28(33)30(24)34-31(26)37-3/h4-18,21,29,36H,19-20H2,1-3H3/t29-,32-/m1/s1.